The maximum absolute atomic E-state index is 10.6. The normalized spacial score (nSPS) is 26.0. The number of hydrogen-bond donors (Lipinski definition) is 1. The average molecular weight is 183 g/mol. The van der Waals surface area contributed by atoms with Crippen LogP contribution in [0.5, 0.6) is 0 Å². The third-order valence-corrected chi connectivity index (χ3v) is 2.48. The van der Waals surface area contributed by atoms with E-state index in [1.54, 1.807) is 6.92 Å². The van der Waals surface area contributed by atoms with Crippen LogP contribution >= 0.6 is 0 Å². The van der Waals surface area contributed by atoms with Gasteiger partial charge in [-0.2, -0.15) is 0 Å². The van der Waals surface area contributed by atoms with Gasteiger partial charge in [0.05, 0.1) is 0 Å². The van der Waals surface area contributed by atoms with Crippen molar-refractivity contribution in [2.24, 2.45) is 5.92 Å². The van der Waals surface area contributed by atoms with Gasteiger partial charge in [0.2, 0.25) is 0 Å². The van der Waals surface area contributed by atoms with Gasteiger partial charge in [-0.3, -0.25) is 0 Å². The second kappa shape index (κ2) is 4.42. The Bertz CT molecular complexity index is 223. The maximum atomic E-state index is 10.6. The first-order valence-corrected chi connectivity index (χ1v) is 4.70. The van der Waals surface area contributed by atoms with Crippen molar-refractivity contribution in [3.05, 3.63) is 11.6 Å². The van der Waals surface area contributed by atoms with Gasteiger partial charge in [-0.05, 0) is 39.3 Å². The molecule has 13 heavy (non-hydrogen) atoms. The Morgan fingerprint density at radius 1 is 1.62 bits per heavy atom. The van der Waals surface area contributed by atoms with Gasteiger partial charge in [-0.1, -0.05) is 6.08 Å². The molecule has 1 rings (SSSR count). The van der Waals surface area contributed by atoms with E-state index < -0.39 is 5.97 Å². The molecule has 0 aromatic rings. The Morgan fingerprint density at radius 2 is 2.31 bits per heavy atom. The van der Waals surface area contributed by atoms with Crippen molar-refractivity contribution in [3.63, 3.8) is 0 Å². The molecule has 1 fully saturated rings. The molecule has 0 spiro atoms. The van der Waals surface area contributed by atoms with E-state index in [-0.39, 0.29) is 0 Å². The number of carbonyl (C=O) groups is 1. The van der Waals surface area contributed by atoms with Gasteiger partial charge in [0.25, 0.3) is 0 Å². The van der Waals surface area contributed by atoms with Gasteiger partial charge in [0.15, 0.2) is 0 Å². The van der Waals surface area contributed by atoms with Gasteiger partial charge < -0.3 is 10.0 Å². The standard InChI is InChI=1S/C10H17NO2/c1-8(10(12)13)6-9-4-3-5-11(2)7-9/h6,9H,3-5,7H2,1-2H3,(H,12,13)/b8-6+. The lowest BCUT2D eigenvalue weighted by Gasteiger charge is -2.27. The SMILES string of the molecule is C/C(=C\C1CCCN(C)C1)C(=O)O. The highest BCUT2D eigenvalue weighted by Gasteiger charge is 2.15. The summed E-state index contributed by atoms with van der Waals surface area (Å²) >= 11 is 0. The lowest BCUT2D eigenvalue weighted by Crippen LogP contribution is -2.31. The second-order valence-corrected chi connectivity index (χ2v) is 3.82. The van der Waals surface area contributed by atoms with Crippen LogP contribution < -0.4 is 0 Å². The van der Waals surface area contributed by atoms with Crippen molar-refractivity contribution in [1.29, 1.82) is 0 Å². The largest absolute Gasteiger partial charge is 0.478 e. The number of aliphatic carboxylic acids is 1. The van der Waals surface area contributed by atoms with Crippen LogP contribution in [-0.4, -0.2) is 36.1 Å². The molecule has 1 saturated heterocycles. The fourth-order valence-electron chi connectivity index (χ4n) is 1.77. The maximum Gasteiger partial charge on any atom is 0.330 e. The van der Waals surface area contributed by atoms with Crippen molar-refractivity contribution < 1.29 is 9.90 Å². The predicted octanol–water partition coefficient (Wildman–Crippen LogP) is 1.36. The number of nitrogens with zero attached hydrogens (tertiary/aromatic N) is 1. The van der Waals surface area contributed by atoms with Gasteiger partial charge in [-0.15, -0.1) is 0 Å². The minimum Gasteiger partial charge on any atom is -0.478 e. The van der Waals surface area contributed by atoms with Crippen LogP contribution in [0.1, 0.15) is 19.8 Å². The molecule has 1 atom stereocenters. The van der Waals surface area contributed by atoms with Crippen LogP contribution in [0.4, 0.5) is 0 Å². The zero-order valence-corrected chi connectivity index (χ0v) is 8.29. The van der Waals surface area contributed by atoms with E-state index in [0.29, 0.717) is 11.5 Å². The molecule has 0 aromatic heterocycles. The monoisotopic (exact) mass is 183 g/mol. The summed E-state index contributed by atoms with van der Waals surface area (Å²) in [6, 6.07) is 0. The summed E-state index contributed by atoms with van der Waals surface area (Å²) in [6.07, 6.45) is 4.18. The summed E-state index contributed by atoms with van der Waals surface area (Å²) in [5, 5.41) is 8.70. The number of piperidine rings is 1. The van der Waals surface area contributed by atoms with Crippen LogP contribution in [0.3, 0.4) is 0 Å². The summed E-state index contributed by atoms with van der Waals surface area (Å²) in [5.41, 5.74) is 0.473. The fraction of sp³-hybridized carbons (Fsp3) is 0.700. The molecular formula is C10H17NO2. The number of likely N-dealkylation sites (tertiary alicyclic amines) is 1. The first kappa shape index (κ1) is 10.3. The third-order valence-electron chi connectivity index (χ3n) is 2.48. The summed E-state index contributed by atoms with van der Waals surface area (Å²) in [6.45, 7) is 3.79. The number of rotatable bonds is 2. The molecule has 1 heterocycles. The fourth-order valence-corrected chi connectivity index (χ4v) is 1.77. The van der Waals surface area contributed by atoms with E-state index in [9.17, 15) is 4.79 Å². The topological polar surface area (TPSA) is 40.5 Å². The van der Waals surface area contributed by atoms with Gasteiger partial charge >= 0.3 is 5.97 Å². The highest BCUT2D eigenvalue weighted by Crippen LogP contribution is 2.17. The molecule has 1 aliphatic rings. The van der Waals surface area contributed by atoms with Crippen molar-refractivity contribution >= 4 is 5.97 Å². The van der Waals surface area contributed by atoms with E-state index >= 15 is 0 Å². The first-order valence-electron chi connectivity index (χ1n) is 4.70. The van der Waals surface area contributed by atoms with Gasteiger partial charge in [0.1, 0.15) is 0 Å². The molecular weight excluding hydrogens is 166 g/mol. The molecule has 0 saturated carbocycles. The highest BCUT2D eigenvalue weighted by molar-refractivity contribution is 5.85. The molecule has 3 nitrogen and oxygen atoms in total. The Morgan fingerprint density at radius 3 is 2.85 bits per heavy atom. The zero-order chi connectivity index (χ0) is 9.84. The number of carboxylic acid groups (broad SMARTS) is 1. The first-order chi connectivity index (χ1) is 6.09. The molecule has 0 aliphatic carbocycles. The van der Waals surface area contributed by atoms with Crippen molar-refractivity contribution in [2.45, 2.75) is 19.8 Å². The molecule has 0 radical (unpaired) electrons. The van der Waals surface area contributed by atoms with Crippen LogP contribution in [0.2, 0.25) is 0 Å². The summed E-state index contributed by atoms with van der Waals surface area (Å²) in [7, 11) is 2.08. The zero-order valence-electron chi connectivity index (χ0n) is 8.29. The van der Waals surface area contributed by atoms with E-state index in [1.807, 2.05) is 6.08 Å². The lowest BCUT2D eigenvalue weighted by atomic mass is 9.96. The van der Waals surface area contributed by atoms with E-state index in [1.165, 1.54) is 6.42 Å². The van der Waals surface area contributed by atoms with Crippen molar-refractivity contribution in [1.82, 2.24) is 4.90 Å². The Kier molecular flexibility index (Phi) is 3.48. The molecule has 0 aromatic carbocycles. The molecule has 1 unspecified atom stereocenters. The summed E-state index contributed by atoms with van der Waals surface area (Å²) in [5.74, 6) is -0.372. The molecule has 0 bridgehead atoms. The molecule has 74 valence electrons. The molecule has 0 amide bonds. The Balaban J connectivity index is 2.52. The van der Waals surface area contributed by atoms with Crippen LogP contribution in [-0.2, 0) is 4.79 Å². The van der Waals surface area contributed by atoms with Crippen molar-refractivity contribution in [3.8, 4) is 0 Å². The summed E-state index contributed by atoms with van der Waals surface area (Å²) in [4.78, 5) is 12.8. The number of hydrogen-bond acceptors (Lipinski definition) is 2. The summed E-state index contributed by atoms with van der Waals surface area (Å²) < 4.78 is 0. The Labute approximate surface area is 79.0 Å². The van der Waals surface area contributed by atoms with Crippen LogP contribution in [0, 0.1) is 5.92 Å². The minimum atomic E-state index is -0.798. The molecule has 1 aliphatic heterocycles. The van der Waals surface area contributed by atoms with Crippen LogP contribution in [0.25, 0.3) is 0 Å². The van der Waals surface area contributed by atoms with E-state index in [2.05, 4.69) is 11.9 Å². The van der Waals surface area contributed by atoms with Gasteiger partial charge in [0, 0.05) is 12.1 Å². The minimum absolute atomic E-state index is 0.426. The highest BCUT2D eigenvalue weighted by atomic mass is 16.4. The quantitative estimate of drug-likeness (QED) is 0.657. The van der Waals surface area contributed by atoms with Gasteiger partial charge in [-0.25, -0.2) is 4.79 Å². The lowest BCUT2D eigenvalue weighted by molar-refractivity contribution is -0.132. The predicted molar refractivity (Wildman–Crippen MR) is 51.6 cm³/mol. The van der Waals surface area contributed by atoms with Crippen molar-refractivity contribution in [2.75, 3.05) is 20.1 Å². The third kappa shape index (κ3) is 3.19. The Hall–Kier alpha value is -0.830. The van der Waals surface area contributed by atoms with E-state index in [0.717, 1.165) is 19.5 Å². The second-order valence-electron chi connectivity index (χ2n) is 3.82. The average Bonchev–Trinajstić information content (AvgIpc) is 2.04. The number of carboxylic acids is 1. The van der Waals surface area contributed by atoms with E-state index in [4.69, 9.17) is 5.11 Å². The molecule has 3 heteroatoms. The smallest absolute Gasteiger partial charge is 0.330 e. The van der Waals surface area contributed by atoms with Crippen LogP contribution in [0.15, 0.2) is 11.6 Å². The molecule has 1 N–H and O–H groups in total.